The minimum absolute atomic E-state index is 0.683. The summed E-state index contributed by atoms with van der Waals surface area (Å²) in [6.45, 7) is 2.13. The quantitative estimate of drug-likeness (QED) is 0.253. The second-order valence-corrected chi connectivity index (χ2v) is 9.63. The molecule has 0 saturated carbocycles. The summed E-state index contributed by atoms with van der Waals surface area (Å²) in [5.41, 5.74) is 7.95. The molecular formula is C33H22N4. The van der Waals surface area contributed by atoms with Crippen LogP contribution in [0.15, 0.2) is 115 Å². The molecule has 0 unspecified atom stereocenters. The van der Waals surface area contributed by atoms with Crippen molar-refractivity contribution < 1.29 is 0 Å². The van der Waals surface area contributed by atoms with Gasteiger partial charge >= 0.3 is 0 Å². The topological polar surface area (TPSA) is 35.6 Å². The molecule has 174 valence electrons. The van der Waals surface area contributed by atoms with Gasteiger partial charge in [-0.05, 0) is 43.3 Å². The number of nitrogens with zero attached hydrogens (tertiary/aromatic N) is 4. The minimum atomic E-state index is 0.683. The first-order valence-corrected chi connectivity index (χ1v) is 12.5. The number of benzene rings is 5. The van der Waals surface area contributed by atoms with E-state index in [4.69, 9.17) is 9.97 Å². The summed E-state index contributed by atoms with van der Waals surface area (Å²) in [6.07, 6.45) is 1.92. The lowest BCUT2D eigenvalue weighted by atomic mass is 10.1. The van der Waals surface area contributed by atoms with E-state index in [-0.39, 0.29) is 0 Å². The third-order valence-corrected chi connectivity index (χ3v) is 7.44. The van der Waals surface area contributed by atoms with Crippen molar-refractivity contribution >= 4 is 54.5 Å². The molecule has 0 aliphatic rings. The van der Waals surface area contributed by atoms with E-state index in [1.807, 2.05) is 24.4 Å². The summed E-state index contributed by atoms with van der Waals surface area (Å²) in [7, 11) is 0. The average molecular weight is 475 g/mol. The number of para-hydroxylation sites is 3. The van der Waals surface area contributed by atoms with Gasteiger partial charge in [0.15, 0.2) is 0 Å². The lowest BCUT2D eigenvalue weighted by Gasteiger charge is -2.10. The van der Waals surface area contributed by atoms with Crippen LogP contribution in [0.1, 0.15) is 5.56 Å². The fourth-order valence-electron chi connectivity index (χ4n) is 5.76. The van der Waals surface area contributed by atoms with Crippen LogP contribution in [0.3, 0.4) is 0 Å². The van der Waals surface area contributed by atoms with Gasteiger partial charge in [0.25, 0.3) is 0 Å². The Kier molecular flexibility index (Phi) is 4.12. The fraction of sp³-hybridized carbons (Fsp3) is 0.0303. The van der Waals surface area contributed by atoms with Crippen LogP contribution in [0.25, 0.3) is 66.2 Å². The van der Waals surface area contributed by atoms with E-state index >= 15 is 0 Å². The molecule has 37 heavy (non-hydrogen) atoms. The van der Waals surface area contributed by atoms with Gasteiger partial charge in [0.1, 0.15) is 0 Å². The predicted octanol–water partition coefficient (Wildman–Crippen LogP) is 8.13. The van der Waals surface area contributed by atoms with Gasteiger partial charge in [0, 0.05) is 38.8 Å². The summed E-state index contributed by atoms with van der Waals surface area (Å²) in [6, 6.07) is 38.7. The van der Waals surface area contributed by atoms with Crippen molar-refractivity contribution in [1.82, 2.24) is 19.1 Å². The summed E-state index contributed by atoms with van der Waals surface area (Å²) in [5.74, 6) is 0.683. The Balaban J connectivity index is 1.58. The third-order valence-electron chi connectivity index (χ3n) is 7.44. The Morgan fingerprint density at radius 2 is 1.27 bits per heavy atom. The average Bonchev–Trinajstić information content (AvgIpc) is 3.46. The maximum Gasteiger partial charge on any atom is 0.235 e. The Hall–Kier alpha value is -4.96. The fourth-order valence-corrected chi connectivity index (χ4v) is 5.76. The highest BCUT2D eigenvalue weighted by Crippen LogP contribution is 2.41. The molecule has 4 nitrogen and oxygen atoms in total. The molecule has 0 spiro atoms. The van der Waals surface area contributed by atoms with Gasteiger partial charge < -0.3 is 4.57 Å². The number of hydrogen-bond acceptors (Lipinski definition) is 2. The molecule has 0 radical (unpaired) electrons. The van der Waals surface area contributed by atoms with Crippen LogP contribution in [0, 0.1) is 6.92 Å². The van der Waals surface area contributed by atoms with Gasteiger partial charge in [0.2, 0.25) is 5.95 Å². The number of aromatic nitrogens is 4. The molecule has 0 aliphatic carbocycles. The molecule has 4 heteroatoms. The van der Waals surface area contributed by atoms with E-state index in [0.717, 1.165) is 27.6 Å². The van der Waals surface area contributed by atoms with E-state index in [2.05, 4.69) is 107 Å². The first-order chi connectivity index (χ1) is 18.3. The molecule has 8 aromatic rings. The highest BCUT2D eigenvalue weighted by molar-refractivity contribution is 6.26. The standard InChI is InChI=1S/C33H22N4/c1-21-14-16-23(17-15-21)36-28-12-6-3-9-24(28)25-18-19-30-31(32(25)36)26-10-4-7-13-29(26)37(30)33-34-20-22-8-2-5-11-27(22)35-33/h2-20H,1H3. The smallest absolute Gasteiger partial charge is 0.235 e. The maximum atomic E-state index is 4.98. The minimum Gasteiger partial charge on any atom is -0.309 e. The normalized spacial score (nSPS) is 11.9. The molecule has 3 aromatic heterocycles. The number of hydrogen-bond donors (Lipinski definition) is 0. The van der Waals surface area contributed by atoms with Crippen molar-refractivity contribution in [1.29, 1.82) is 0 Å². The third kappa shape index (κ3) is 2.84. The summed E-state index contributed by atoms with van der Waals surface area (Å²) >= 11 is 0. The second kappa shape index (κ2) is 7.52. The van der Waals surface area contributed by atoms with E-state index < -0.39 is 0 Å². The molecule has 0 saturated heterocycles. The molecule has 0 aliphatic heterocycles. The highest BCUT2D eigenvalue weighted by Gasteiger charge is 2.21. The van der Waals surface area contributed by atoms with Crippen LogP contribution in [0.4, 0.5) is 0 Å². The molecule has 5 aromatic carbocycles. The van der Waals surface area contributed by atoms with Gasteiger partial charge in [-0.3, -0.25) is 4.57 Å². The molecule has 3 heterocycles. The van der Waals surface area contributed by atoms with Crippen LogP contribution in [0.2, 0.25) is 0 Å². The van der Waals surface area contributed by atoms with Crippen molar-refractivity contribution in [3.8, 4) is 11.6 Å². The molecule has 0 atom stereocenters. The maximum absolute atomic E-state index is 4.98. The summed E-state index contributed by atoms with van der Waals surface area (Å²) in [5, 5.41) is 5.93. The van der Waals surface area contributed by atoms with Crippen molar-refractivity contribution in [3.05, 3.63) is 121 Å². The van der Waals surface area contributed by atoms with Crippen LogP contribution in [-0.4, -0.2) is 19.1 Å². The number of rotatable bonds is 2. The molecule has 0 fully saturated rings. The van der Waals surface area contributed by atoms with E-state index in [1.54, 1.807) is 0 Å². The van der Waals surface area contributed by atoms with Crippen molar-refractivity contribution in [3.63, 3.8) is 0 Å². The van der Waals surface area contributed by atoms with Gasteiger partial charge in [-0.1, -0.05) is 78.4 Å². The van der Waals surface area contributed by atoms with Gasteiger partial charge in [-0.25, -0.2) is 9.97 Å². The van der Waals surface area contributed by atoms with Crippen LogP contribution >= 0.6 is 0 Å². The Bertz CT molecular complexity index is 2150. The Morgan fingerprint density at radius 3 is 2.11 bits per heavy atom. The summed E-state index contributed by atoms with van der Waals surface area (Å²) < 4.78 is 4.61. The van der Waals surface area contributed by atoms with Crippen molar-refractivity contribution in [2.45, 2.75) is 6.92 Å². The van der Waals surface area contributed by atoms with Gasteiger partial charge in [-0.2, -0.15) is 0 Å². The first kappa shape index (κ1) is 20.3. The van der Waals surface area contributed by atoms with Gasteiger partial charge in [-0.15, -0.1) is 0 Å². The summed E-state index contributed by atoms with van der Waals surface area (Å²) in [4.78, 5) is 9.78. The molecular weight excluding hydrogens is 452 g/mol. The zero-order valence-corrected chi connectivity index (χ0v) is 20.3. The molecule has 0 N–H and O–H groups in total. The second-order valence-electron chi connectivity index (χ2n) is 9.63. The monoisotopic (exact) mass is 474 g/mol. The van der Waals surface area contributed by atoms with Gasteiger partial charge in [0.05, 0.1) is 27.6 Å². The lowest BCUT2D eigenvalue weighted by molar-refractivity contribution is 1.01. The van der Waals surface area contributed by atoms with Crippen LogP contribution in [-0.2, 0) is 0 Å². The molecule has 0 amide bonds. The molecule has 8 rings (SSSR count). The predicted molar refractivity (Wildman–Crippen MR) is 153 cm³/mol. The largest absolute Gasteiger partial charge is 0.309 e. The molecule has 0 bridgehead atoms. The zero-order valence-electron chi connectivity index (χ0n) is 20.3. The lowest BCUT2D eigenvalue weighted by Crippen LogP contribution is -2.01. The van der Waals surface area contributed by atoms with Crippen LogP contribution < -0.4 is 0 Å². The van der Waals surface area contributed by atoms with Crippen LogP contribution in [0.5, 0.6) is 0 Å². The zero-order chi connectivity index (χ0) is 24.5. The van der Waals surface area contributed by atoms with E-state index in [1.165, 1.54) is 38.1 Å². The SMILES string of the molecule is Cc1ccc(-n2c3ccccc3c3ccc4c(c5ccccc5n4-c4ncc5ccccc5n4)c32)cc1. The first-order valence-electron chi connectivity index (χ1n) is 12.5. The van der Waals surface area contributed by atoms with E-state index in [0.29, 0.717) is 5.95 Å². The van der Waals surface area contributed by atoms with Crippen molar-refractivity contribution in [2.24, 2.45) is 0 Å². The Labute approximate surface area is 213 Å². The number of aryl methyl sites for hydroxylation is 1. The van der Waals surface area contributed by atoms with Crippen molar-refractivity contribution in [2.75, 3.05) is 0 Å². The van der Waals surface area contributed by atoms with E-state index in [9.17, 15) is 0 Å². The highest BCUT2D eigenvalue weighted by atomic mass is 15.2. The number of fused-ring (bicyclic) bond motifs is 8. The Morgan fingerprint density at radius 1 is 0.568 bits per heavy atom.